The number of hydrogen-bond acceptors (Lipinski definition) is 6. The van der Waals surface area contributed by atoms with Crippen LogP contribution in [0.2, 0.25) is 0 Å². The molecule has 0 unspecified atom stereocenters. The van der Waals surface area contributed by atoms with Gasteiger partial charge in [0.25, 0.3) is 5.91 Å². The number of carbonyl (C=O) groups is 1. The summed E-state index contributed by atoms with van der Waals surface area (Å²) in [5.41, 5.74) is 1.57. The van der Waals surface area contributed by atoms with Crippen LogP contribution in [0.3, 0.4) is 0 Å². The molecule has 0 fully saturated rings. The number of amides is 1. The molecule has 0 saturated carbocycles. The lowest BCUT2D eigenvalue weighted by molar-refractivity contribution is 0.0957. The number of rotatable bonds is 7. The predicted octanol–water partition coefficient (Wildman–Crippen LogP) is 2.46. The second-order valence-corrected chi connectivity index (χ2v) is 6.19. The average molecular weight is 345 g/mol. The van der Waals surface area contributed by atoms with Gasteiger partial charge in [-0.2, -0.15) is 0 Å². The van der Waals surface area contributed by atoms with Crippen molar-refractivity contribution in [3.8, 4) is 11.5 Å². The number of nitrogens with one attached hydrogen (secondary N) is 1. The van der Waals surface area contributed by atoms with Gasteiger partial charge in [0.2, 0.25) is 0 Å². The Bertz CT molecular complexity index is 806. The maximum atomic E-state index is 12.2. The average Bonchev–Trinajstić information content (AvgIpc) is 3.29. The summed E-state index contributed by atoms with van der Waals surface area (Å²) >= 11 is 1.14. The molecule has 24 heavy (non-hydrogen) atoms. The summed E-state index contributed by atoms with van der Waals surface area (Å²) in [6, 6.07) is 3.71. The molecule has 3 aromatic heterocycles. The van der Waals surface area contributed by atoms with Crippen molar-refractivity contribution in [1.82, 2.24) is 24.5 Å². The third kappa shape index (κ3) is 3.53. The lowest BCUT2D eigenvalue weighted by atomic mass is 10.2. The number of carbonyl (C=O) groups excluding carboxylic acids is 1. The van der Waals surface area contributed by atoms with Crippen LogP contribution in [0.15, 0.2) is 29.0 Å². The van der Waals surface area contributed by atoms with E-state index >= 15 is 0 Å². The number of aromatic nitrogens is 4. The molecule has 7 nitrogen and oxygen atoms in total. The predicted molar refractivity (Wildman–Crippen MR) is 90.9 cm³/mol. The molecule has 1 N–H and O–H groups in total. The Kier molecular flexibility index (Phi) is 5.05. The Morgan fingerprint density at radius 2 is 2.29 bits per heavy atom. The van der Waals surface area contributed by atoms with Crippen LogP contribution in [0.25, 0.3) is 11.5 Å². The van der Waals surface area contributed by atoms with Gasteiger partial charge in [0.05, 0.1) is 12.0 Å². The van der Waals surface area contributed by atoms with E-state index in [9.17, 15) is 4.79 Å². The maximum absolute atomic E-state index is 12.2. The minimum absolute atomic E-state index is 0.117. The molecule has 0 aliphatic heterocycles. The molecular weight excluding hydrogens is 326 g/mol. The summed E-state index contributed by atoms with van der Waals surface area (Å²) in [6.07, 6.45) is 5.89. The van der Waals surface area contributed by atoms with E-state index in [-0.39, 0.29) is 5.91 Å². The van der Waals surface area contributed by atoms with Crippen molar-refractivity contribution < 1.29 is 9.21 Å². The lowest BCUT2D eigenvalue weighted by Gasteiger charge is -2.04. The molecule has 3 rings (SSSR count). The molecule has 8 heteroatoms. The Hall–Kier alpha value is -2.48. The SMILES string of the molecule is CCCc1nnsc1C(=O)NCCc1nc(-c2ccco2)cn1C. The normalized spacial score (nSPS) is 10.9. The molecular formula is C16H19N5O2S. The van der Waals surface area contributed by atoms with Crippen LogP contribution in [-0.2, 0) is 19.9 Å². The summed E-state index contributed by atoms with van der Waals surface area (Å²) in [6.45, 7) is 2.56. The van der Waals surface area contributed by atoms with E-state index in [1.165, 1.54) is 0 Å². The number of hydrogen-bond donors (Lipinski definition) is 1. The molecule has 3 heterocycles. The fourth-order valence-corrected chi connectivity index (χ4v) is 3.05. The molecule has 3 aromatic rings. The summed E-state index contributed by atoms with van der Waals surface area (Å²) in [5.74, 6) is 1.51. The van der Waals surface area contributed by atoms with E-state index in [0.29, 0.717) is 17.8 Å². The second-order valence-electron chi connectivity index (χ2n) is 5.44. The van der Waals surface area contributed by atoms with Crippen molar-refractivity contribution >= 4 is 17.4 Å². The topological polar surface area (TPSA) is 85.8 Å². The van der Waals surface area contributed by atoms with E-state index in [0.717, 1.165) is 47.3 Å². The van der Waals surface area contributed by atoms with Crippen molar-refractivity contribution in [2.24, 2.45) is 7.05 Å². The third-order valence-electron chi connectivity index (χ3n) is 3.63. The van der Waals surface area contributed by atoms with Crippen molar-refractivity contribution in [1.29, 1.82) is 0 Å². The highest BCUT2D eigenvalue weighted by Gasteiger charge is 2.16. The fourth-order valence-electron chi connectivity index (χ4n) is 2.43. The first-order valence-electron chi connectivity index (χ1n) is 7.84. The molecule has 0 radical (unpaired) electrons. The first-order valence-corrected chi connectivity index (χ1v) is 8.62. The zero-order chi connectivity index (χ0) is 16.9. The maximum Gasteiger partial charge on any atom is 0.264 e. The number of aryl methyl sites for hydroxylation is 2. The summed E-state index contributed by atoms with van der Waals surface area (Å²) in [4.78, 5) is 17.4. The standard InChI is InChI=1S/C16H19N5O2S/c1-3-5-11-15(24-20-19-11)16(22)17-8-7-14-18-12(10-21(14)2)13-6-4-9-23-13/h4,6,9-10H,3,5,7-8H2,1-2H3,(H,17,22). The Morgan fingerprint density at radius 1 is 1.42 bits per heavy atom. The number of nitrogens with zero attached hydrogens (tertiary/aromatic N) is 4. The molecule has 0 aromatic carbocycles. The van der Waals surface area contributed by atoms with Crippen molar-refractivity contribution in [2.45, 2.75) is 26.2 Å². The highest BCUT2D eigenvalue weighted by molar-refractivity contribution is 7.08. The molecule has 1 amide bonds. The molecule has 126 valence electrons. The van der Waals surface area contributed by atoms with Crippen LogP contribution >= 0.6 is 11.5 Å². The van der Waals surface area contributed by atoms with Crippen LogP contribution in [0.1, 0.15) is 34.5 Å². The van der Waals surface area contributed by atoms with Crippen molar-refractivity contribution in [3.63, 3.8) is 0 Å². The van der Waals surface area contributed by atoms with Gasteiger partial charge in [-0.05, 0) is 30.1 Å². The smallest absolute Gasteiger partial charge is 0.264 e. The van der Waals surface area contributed by atoms with Crippen molar-refractivity contribution in [3.05, 3.63) is 41.0 Å². The van der Waals surface area contributed by atoms with Gasteiger partial charge in [0.15, 0.2) is 5.76 Å². The molecule has 0 spiro atoms. The van der Waals surface area contributed by atoms with Gasteiger partial charge in [0, 0.05) is 26.2 Å². The van der Waals surface area contributed by atoms with Crippen LogP contribution in [0, 0.1) is 0 Å². The van der Waals surface area contributed by atoms with Crippen LogP contribution in [0.5, 0.6) is 0 Å². The van der Waals surface area contributed by atoms with Crippen LogP contribution < -0.4 is 5.32 Å². The number of imidazole rings is 1. The minimum atomic E-state index is -0.117. The van der Waals surface area contributed by atoms with Gasteiger partial charge >= 0.3 is 0 Å². The summed E-state index contributed by atoms with van der Waals surface area (Å²) in [7, 11) is 1.93. The minimum Gasteiger partial charge on any atom is -0.463 e. The summed E-state index contributed by atoms with van der Waals surface area (Å²) in [5, 5.41) is 6.94. The van der Waals surface area contributed by atoms with E-state index in [1.807, 2.05) is 29.9 Å². The molecule has 0 aliphatic carbocycles. The lowest BCUT2D eigenvalue weighted by Crippen LogP contribution is -2.26. The van der Waals surface area contributed by atoms with Gasteiger partial charge in [-0.25, -0.2) is 4.98 Å². The number of furan rings is 1. The van der Waals surface area contributed by atoms with Crippen LogP contribution in [-0.4, -0.2) is 31.6 Å². The monoisotopic (exact) mass is 345 g/mol. The zero-order valence-electron chi connectivity index (χ0n) is 13.7. The van der Waals surface area contributed by atoms with E-state index in [1.54, 1.807) is 6.26 Å². The van der Waals surface area contributed by atoms with E-state index in [2.05, 4.69) is 26.8 Å². The fraction of sp³-hybridized carbons (Fsp3) is 0.375. The van der Waals surface area contributed by atoms with Crippen LogP contribution in [0.4, 0.5) is 0 Å². The largest absolute Gasteiger partial charge is 0.463 e. The van der Waals surface area contributed by atoms with Gasteiger partial charge in [0.1, 0.15) is 16.4 Å². The molecule has 0 atom stereocenters. The van der Waals surface area contributed by atoms with Gasteiger partial charge in [-0.3, -0.25) is 4.79 Å². The highest BCUT2D eigenvalue weighted by Crippen LogP contribution is 2.18. The van der Waals surface area contributed by atoms with Gasteiger partial charge in [-0.15, -0.1) is 5.10 Å². The zero-order valence-corrected chi connectivity index (χ0v) is 14.5. The van der Waals surface area contributed by atoms with Gasteiger partial charge in [-0.1, -0.05) is 17.8 Å². The first-order chi connectivity index (χ1) is 11.7. The Balaban J connectivity index is 1.58. The van der Waals surface area contributed by atoms with Crippen molar-refractivity contribution in [2.75, 3.05) is 6.54 Å². The molecule has 0 aliphatic rings. The van der Waals surface area contributed by atoms with E-state index in [4.69, 9.17) is 4.42 Å². The summed E-state index contributed by atoms with van der Waals surface area (Å²) < 4.78 is 11.2. The molecule has 0 saturated heterocycles. The van der Waals surface area contributed by atoms with E-state index < -0.39 is 0 Å². The highest BCUT2D eigenvalue weighted by atomic mass is 32.1. The quantitative estimate of drug-likeness (QED) is 0.711. The Labute approximate surface area is 143 Å². The second kappa shape index (κ2) is 7.39. The Morgan fingerprint density at radius 3 is 3.04 bits per heavy atom. The first kappa shape index (κ1) is 16.4. The molecule has 0 bridgehead atoms. The third-order valence-corrected chi connectivity index (χ3v) is 4.40. The van der Waals surface area contributed by atoms with Gasteiger partial charge < -0.3 is 14.3 Å².